The van der Waals surface area contributed by atoms with E-state index in [4.69, 9.17) is 10.8 Å². The van der Waals surface area contributed by atoms with E-state index in [1.165, 1.54) is 6.92 Å². The molecule has 4 heteroatoms. The van der Waals surface area contributed by atoms with Gasteiger partial charge in [0, 0.05) is 0 Å². The summed E-state index contributed by atoms with van der Waals surface area (Å²) in [6, 6.07) is 0. The first kappa shape index (κ1) is 10.4. The molecular formula is C7H15NO3. The summed E-state index contributed by atoms with van der Waals surface area (Å²) in [5, 5.41) is 17.9. The lowest BCUT2D eigenvalue weighted by molar-refractivity contribution is -0.148. The average Bonchev–Trinajstić information content (AvgIpc) is 1.85. The van der Waals surface area contributed by atoms with Gasteiger partial charge in [0.1, 0.15) is 5.54 Å². The molecule has 0 rings (SSSR count). The maximum Gasteiger partial charge on any atom is 0.326 e. The van der Waals surface area contributed by atoms with Crippen LogP contribution >= 0.6 is 0 Å². The van der Waals surface area contributed by atoms with Crippen LogP contribution in [0.4, 0.5) is 0 Å². The van der Waals surface area contributed by atoms with Gasteiger partial charge in [-0.1, -0.05) is 13.8 Å². The largest absolute Gasteiger partial charge is 0.480 e. The van der Waals surface area contributed by atoms with Crippen LogP contribution in [0, 0.1) is 5.92 Å². The Balaban J connectivity index is 4.42. The summed E-state index contributed by atoms with van der Waals surface area (Å²) in [6.07, 6.45) is -1.01. The molecule has 66 valence electrons. The molecule has 0 aromatic heterocycles. The third kappa shape index (κ3) is 2.17. The predicted molar refractivity (Wildman–Crippen MR) is 41.1 cm³/mol. The van der Waals surface area contributed by atoms with Crippen LogP contribution in [-0.2, 0) is 4.79 Å². The average molecular weight is 161 g/mol. The Morgan fingerprint density at radius 2 is 1.91 bits per heavy atom. The van der Waals surface area contributed by atoms with E-state index in [2.05, 4.69) is 0 Å². The van der Waals surface area contributed by atoms with Gasteiger partial charge in [-0.3, -0.25) is 4.79 Å². The van der Waals surface area contributed by atoms with Gasteiger partial charge in [0.15, 0.2) is 0 Å². The van der Waals surface area contributed by atoms with E-state index in [0.29, 0.717) is 0 Å². The van der Waals surface area contributed by atoms with Crippen molar-refractivity contribution in [2.45, 2.75) is 32.4 Å². The van der Waals surface area contributed by atoms with Crippen molar-refractivity contribution in [2.24, 2.45) is 11.7 Å². The molecule has 0 aromatic carbocycles. The Bertz CT molecular complexity index is 154. The number of hydrogen-bond donors (Lipinski definition) is 3. The van der Waals surface area contributed by atoms with Crippen LogP contribution in [0.1, 0.15) is 20.8 Å². The Kier molecular flexibility index (Phi) is 3.02. The zero-order valence-electron chi connectivity index (χ0n) is 7.03. The molecular weight excluding hydrogens is 146 g/mol. The second-order valence-electron chi connectivity index (χ2n) is 3.28. The fourth-order valence-electron chi connectivity index (χ4n) is 0.819. The summed E-state index contributed by atoms with van der Waals surface area (Å²) in [7, 11) is 0. The van der Waals surface area contributed by atoms with Crippen molar-refractivity contribution in [3.05, 3.63) is 0 Å². The van der Waals surface area contributed by atoms with E-state index in [0.717, 1.165) is 0 Å². The van der Waals surface area contributed by atoms with E-state index in [1.807, 2.05) is 0 Å². The first-order valence-electron chi connectivity index (χ1n) is 3.50. The van der Waals surface area contributed by atoms with Crippen LogP contribution in [0.2, 0.25) is 0 Å². The predicted octanol–water partition coefficient (Wildman–Crippen LogP) is -0.195. The van der Waals surface area contributed by atoms with Crippen LogP contribution < -0.4 is 5.73 Å². The Morgan fingerprint density at radius 3 is 2.00 bits per heavy atom. The lowest BCUT2D eigenvalue weighted by atomic mass is 9.88. The third-order valence-electron chi connectivity index (χ3n) is 1.71. The van der Waals surface area contributed by atoms with Crippen molar-refractivity contribution < 1.29 is 15.0 Å². The maximum atomic E-state index is 10.5. The topological polar surface area (TPSA) is 83.5 Å². The molecule has 0 radical (unpaired) electrons. The molecule has 0 fully saturated rings. The van der Waals surface area contributed by atoms with E-state index in [9.17, 15) is 9.90 Å². The Hall–Kier alpha value is -0.610. The van der Waals surface area contributed by atoms with Gasteiger partial charge >= 0.3 is 5.97 Å². The van der Waals surface area contributed by atoms with Crippen LogP contribution in [0.5, 0.6) is 0 Å². The number of aliphatic carboxylic acids is 1. The molecule has 0 aliphatic heterocycles. The van der Waals surface area contributed by atoms with Crippen molar-refractivity contribution in [1.82, 2.24) is 0 Å². The maximum absolute atomic E-state index is 10.5. The van der Waals surface area contributed by atoms with Crippen molar-refractivity contribution in [3.8, 4) is 0 Å². The van der Waals surface area contributed by atoms with E-state index >= 15 is 0 Å². The number of nitrogens with two attached hydrogens (primary N) is 1. The van der Waals surface area contributed by atoms with Crippen LogP contribution in [0.3, 0.4) is 0 Å². The standard InChI is InChI=1S/C7H15NO3/c1-4(2)5(9)7(3,8)6(10)11/h4-5,9H,8H2,1-3H3,(H,10,11)/t5?,7-/m0/s1. The minimum absolute atomic E-state index is 0.152. The number of carboxylic acid groups (broad SMARTS) is 1. The van der Waals surface area contributed by atoms with Crippen LogP contribution in [-0.4, -0.2) is 27.8 Å². The molecule has 0 saturated heterocycles. The first-order chi connectivity index (χ1) is 4.80. The molecule has 11 heavy (non-hydrogen) atoms. The number of carboxylic acids is 1. The molecule has 4 nitrogen and oxygen atoms in total. The highest BCUT2D eigenvalue weighted by molar-refractivity contribution is 5.78. The van der Waals surface area contributed by atoms with Crippen LogP contribution in [0.15, 0.2) is 0 Å². The SMILES string of the molecule is CC(C)C(O)[C@](C)(N)C(=O)O. The molecule has 1 unspecified atom stereocenters. The van der Waals surface area contributed by atoms with Gasteiger partial charge in [0.25, 0.3) is 0 Å². The van der Waals surface area contributed by atoms with Gasteiger partial charge in [-0.05, 0) is 12.8 Å². The quantitative estimate of drug-likeness (QED) is 0.535. The number of aliphatic hydroxyl groups is 1. The van der Waals surface area contributed by atoms with Gasteiger partial charge in [0.2, 0.25) is 0 Å². The smallest absolute Gasteiger partial charge is 0.326 e. The second kappa shape index (κ2) is 3.19. The van der Waals surface area contributed by atoms with E-state index in [-0.39, 0.29) is 5.92 Å². The number of aliphatic hydroxyl groups excluding tert-OH is 1. The van der Waals surface area contributed by atoms with Crippen molar-refractivity contribution in [2.75, 3.05) is 0 Å². The highest BCUT2D eigenvalue weighted by Crippen LogP contribution is 2.14. The molecule has 2 atom stereocenters. The molecule has 0 aliphatic carbocycles. The minimum Gasteiger partial charge on any atom is -0.480 e. The zero-order chi connectivity index (χ0) is 9.23. The molecule has 0 saturated carbocycles. The summed E-state index contributed by atoms with van der Waals surface area (Å²) in [4.78, 5) is 10.5. The molecule has 0 amide bonds. The molecule has 4 N–H and O–H groups in total. The van der Waals surface area contributed by atoms with Gasteiger partial charge in [-0.2, -0.15) is 0 Å². The summed E-state index contributed by atoms with van der Waals surface area (Å²) >= 11 is 0. The summed E-state index contributed by atoms with van der Waals surface area (Å²) in [6.45, 7) is 4.75. The van der Waals surface area contributed by atoms with E-state index in [1.54, 1.807) is 13.8 Å². The molecule has 0 aromatic rings. The summed E-state index contributed by atoms with van der Waals surface area (Å²) in [5.74, 6) is -1.33. The number of rotatable bonds is 3. The fourth-order valence-corrected chi connectivity index (χ4v) is 0.819. The zero-order valence-corrected chi connectivity index (χ0v) is 7.03. The highest BCUT2D eigenvalue weighted by Gasteiger charge is 2.38. The van der Waals surface area contributed by atoms with Crippen molar-refractivity contribution >= 4 is 5.97 Å². The van der Waals surface area contributed by atoms with E-state index < -0.39 is 17.6 Å². The van der Waals surface area contributed by atoms with Crippen LogP contribution in [0.25, 0.3) is 0 Å². The Morgan fingerprint density at radius 1 is 1.55 bits per heavy atom. The fraction of sp³-hybridized carbons (Fsp3) is 0.857. The third-order valence-corrected chi connectivity index (χ3v) is 1.71. The molecule has 0 spiro atoms. The monoisotopic (exact) mass is 161 g/mol. The van der Waals surface area contributed by atoms with Gasteiger partial charge in [0.05, 0.1) is 6.10 Å². The van der Waals surface area contributed by atoms with Gasteiger partial charge < -0.3 is 15.9 Å². The van der Waals surface area contributed by atoms with Gasteiger partial charge in [-0.15, -0.1) is 0 Å². The molecule has 0 bridgehead atoms. The molecule has 0 aliphatic rings. The minimum atomic E-state index is -1.55. The Labute approximate surface area is 66.0 Å². The number of carbonyl (C=O) groups is 1. The lowest BCUT2D eigenvalue weighted by Crippen LogP contribution is -2.56. The summed E-state index contributed by atoms with van der Waals surface area (Å²) < 4.78 is 0. The second-order valence-corrected chi connectivity index (χ2v) is 3.28. The van der Waals surface area contributed by atoms with Crippen molar-refractivity contribution in [3.63, 3.8) is 0 Å². The highest BCUT2D eigenvalue weighted by atomic mass is 16.4. The normalized spacial score (nSPS) is 19.5. The number of hydrogen-bond acceptors (Lipinski definition) is 3. The lowest BCUT2D eigenvalue weighted by Gasteiger charge is -2.28. The van der Waals surface area contributed by atoms with Gasteiger partial charge in [-0.25, -0.2) is 0 Å². The first-order valence-corrected chi connectivity index (χ1v) is 3.50. The summed E-state index contributed by atoms with van der Waals surface area (Å²) in [5.41, 5.74) is 3.81. The van der Waals surface area contributed by atoms with Crippen molar-refractivity contribution in [1.29, 1.82) is 0 Å². The molecule has 0 heterocycles.